The second-order valence-corrected chi connectivity index (χ2v) is 4.39. The zero-order valence-electron chi connectivity index (χ0n) is 9.76. The Labute approximate surface area is 95.1 Å². The van der Waals surface area contributed by atoms with Crippen molar-refractivity contribution in [2.45, 2.75) is 31.9 Å². The SMILES string of the molecule is CC1OCCC1C(Cc1cn(C)nn1)NN. The van der Waals surface area contributed by atoms with Crippen LogP contribution >= 0.6 is 0 Å². The molecule has 1 saturated heterocycles. The summed E-state index contributed by atoms with van der Waals surface area (Å²) in [5.74, 6) is 6.06. The van der Waals surface area contributed by atoms with Gasteiger partial charge in [-0.2, -0.15) is 0 Å². The Morgan fingerprint density at radius 1 is 1.75 bits per heavy atom. The number of nitrogens with one attached hydrogen (secondary N) is 1. The highest BCUT2D eigenvalue weighted by Crippen LogP contribution is 2.25. The van der Waals surface area contributed by atoms with E-state index in [0.29, 0.717) is 5.92 Å². The zero-order chi connectivity index (χ0) is 11.5. The van der Waals surface area contributed by atoms with Crippen LogP contribution in [0.3, 0.4) is 0 Å². The van der Waals surface area contributed by atoms with E-state index in [4.69, 9.17) is 10.6 Å². The monoisotopic (exact) mass is 225 g/mol. The molecule has 0 spiro atoms. The van der Waals surface area contributed by atoms with Gasteiger partial charge in [-0.25, -0.2) is 0 Å². The standard InChI is InChI=1S/C10H19N5O/c1-7-9(3-4-16-7)10(12-11)5-8-6-15(2)14-13-8/h6-7,9-10,12H,3-5,11H2,1-2H3. The Balaban J connectivity index is 2.00. The molecule has 1 aromatic rings. The van der Waals surface area contributed by atoms with Crippen LogP contribution in [0.15, 0.2) is 6.20 Å². The molecule has 6 heteroatoms. The van der Waals surface area contributed by atoms with E-state index in [0.717, 1.165) is 25.1 Å². The Morgan fingerprint density at radius 2 is 2.56 bits per heavy atom. The van der Waals surface area contributed by atoms with Crippen LogP contribution in [0.2, 0.25) is 0 Å². The Kier molecular flexibility index (Phi) is 3.52. The van der Waals surface area contributed by atoms with E-state index < -0.39 is 0 Å². The number of hydrogen-bond acceptors (Lipinski definition) is 5. The van der Waals surface area contributed by atoms with E-state index in [-0.39, 0.29) is 12.1 Å². The van der Waals surface area contributed by atoms with Crippen molar-refractivity contribution in [2.24, 2.45) is 18.8 Å². The molecule has 0 amide bonds. The Bertz CT molecular complexity index is 340. The minimum Gasteiger partial charge on any atom is -0.378 e. The molecule has 0 aliphatic carbocycles. The minimum absolute atomic E-state index is 0.203. The molecule has 0 aromatic carbocycles. The molecule has 2 heterocycles. The number of aryl methyl sites for hydroxylation is 1. The lowest BCUT2D eigenvalue weighted by Gasteiger charge is -2.24. The van der Waals surface area contributed by atoms with Crippen LogP contribution in [0.5, 0.6) is 0 Å². The number of nitrogens with zero attached hydrogens (tertiary/aromatic N) is 3. The van der Waals surface area contributed by atoms with Crippen molar-refractivity contribution in [3.8, 4) is 0 Å². The zero-order valence-corrected chi connectivity index (χ0v) is 9.76. The number of ether oxygens (including phenoxy) is 1. The summed E-state index contributed by atoms with van der Waals surface area (Å²) in [7, 11) is 1.86. The van der Waals surface area contributed by atoms with Crippen LogP contribution in [0.25, 0.3) is 0 Å². The summed E-state index contributed by atoms with van der Waals surface area (Å²) in [5.41, 5.74) is 3.84. The lowest BCUT2D eigenvalue weighted by Crippen LogP contribution is -2.44. The molecule has 1 aromatic heterocycles. The van der Waals surface area contributed by atoms with Crippen LogP contribution in [-0.4, -0.2) is 33.7 Å². The molecule has 90 valence electrons. The smallest absolute Gasteiger partial charge is 0.0843 e. The topological polar surface area (TPSA) is 78.0 Å². The molecular weight excluding hydrogens is 206 g/mol. The van der Waals surface area contributed by atoms with E-state index in [1.165, 1.54) is 0 Å². The molecule has 1 fully saturated rings. The quantitative estimate of drug-likeness (QED) is 0.539. The first-order valence-corrected chi connectivity index (χ1v) is 5.63. The Hall–Kier alpha value is -0.980. The van der Waals surface area contributed by atoms with Crippen molar-refractivity contribution >= 4 is 0 Å². The second-order valence-electron chi connectivity index (χ2n) is 4.39. The third kappa shape index (κ3) is 2.40. The lowest BCUT2D eigenvalue weighted by molar-refractivity contribution is 0.0953. The van der Waals surface area contributed by atoms with Crippen molar-refractivity contribution in [1.29, 1.82) is 0 Å². The van der Waals surface area contributed by atoms with Crippen LogP contribution in [0, 0.1) is 5.92 Å². The van der Waals surface area contributed by atoms with E-state index in [1.807, 2.05) is 13.2 Å². The fraction of sp³-hybridized carbons (Fsp3) is 0.800. The molecular formula is C10H19N5O. The summed E-state index contributed by atoms with van der Waals surface area (Å²) in [6.45, 7) is 2.92. The predicted molar refractivity (Wildman–Crippen MR) is 59.3 cm³/mol. The molecule has 6 nitrogen and oxygen atoms in total. The molecule has 3 N–H and O–H groups in total. The van der Waals surface area contributed by atoms with Gasteiger partial charge in [0.2, 0.25) is 0 Å². The molecule has 16 heavy (non-hydrogen) atoms. The maximum atomic E-state index is 5.61. The molecule has 0 saturated carbocycles. The third-order valence-corrected chi connectivity index (χ3v) is 3.24. The van der Waals surface area contributed by atoms with Crippen LogP contribution in [0.4, 0.5) is 0 Å². The fourth-order valence-electron chi connectivity index (χ4n) is 2.32. The number of hydrogen-bond donors (Lipinski definition) is 2. The summed E-state index contributed by atoms with van der Waals surface area (Å²) in [6, 6.07) is 0.203. The molecule has 2 rings (SSSR count). The highest BCUT2D eigenvalue weighted by Gasteiger charge is 2.31. The number of aromatic nitrogens is 3. The summed E-state index contributed by atoms with van der Waals surface area (Å²) in [5, 5.41) is 7.99. The third-order valence-electron chi connectivity index (χ3n) is 3.24. The molecule has 0 radical (unpaired) electrons. The van der Waals surface area contributed by atoms with Crippen LogP contribution in [-0.2, 0) is 18.2 Å². The van der Waals surface area contributed by atoms with Crippen molar-refractivity contribution in [2.75, 3.05) is 6.61 Å². The lowest BCUT2D eigenvalue weighted by atomic mass is 9.91. The maximum absolute atomic E-state index is 5.61. The highest BCUT2D eigenvalue weighted by atomic mass is 16.5. The first-order chi connectivity index (χ1) is 7.70. The van der Waals surface area contributed by atoms with Crippen molar-refractivity contribution in [3.63, 3.8) is 0 Å². The number of hydrazine groups is 1. The van der Waals surface area contributed by atoms with E-state index >= 15 is 0 Å². The highest BCUT2D eigenvalue weighted by molar-refractivity contribution is 4.98. The Morgan fingerprint density at radius 3 is 3.06 bits per heavy atom. The van der Waals surface area contributed by atoms with Gasteiger partial charge in [-0.05, 0) is 13.3 Å². The predicted octanol–water partition coefficient (Wildman–Crippen LogP) is -0.385. The minimum atomic E-state index is 0.203. The maximum Gasteiger partial charge on any atom is 0.0843 e. The van der Waals surface area contributed by atoms with Gasteiger partial charge in [0.25, 0.3) is 0 Å². The van der Waals surface area contributed by atoms with Gasteiger partial charge in [-0.15, -0.1) is 5.10 Å². The molecule has 0 bridgehead atoms. The first kappa shape index (κ1) is 11.5. The second kappa shape index (κ2) is 4.90. The van der Waals surface area contributed by atoms with Gasteiger partial charge in [0, 0.05) is 38.2 Å². The fourth-order valence-corrected chi connectivity index (χ4v) is 2.32. The number of rotatable bonds is 4. The molecule has 1 aliphatic rings. The van der Waals surface area contributed by atoms with E-state index in [9.17, 15) is 0 Å². The average molecular weight is 225 g/mol. The largest absolute Gasteiger partial charge is 0.378 e. The van der Waals surface area contributed by atoms with Gasteiger partial charge in [0.05, 0.1) is 11.8 Å². The van der Waals surface area contributed by atoms with Gasteiger partial charge in [0.1, 0.15) is 0 Å². The molecule has 3 atom stereocenters. The van der Waals surface area contributed by atoms with Crippen LogP contribution in [0.1, 0.15) is 19.0 Å². The summed E-state index contributed by atoms with van der Waals surface area (Å²) < 4.78 is 7.26. The van der Waals surface area contributed by atoms with E-state index in [2.05, 4.69) is 22.7 Å². The summed E-state index contributed by atoms with van der Waals surface area (Å²) in [6.07, 6.45) is 4.03. The van der Waals surface area contributed by atoms with E-state index in [1.54, 1.807) is 4.68 Å². The van der Waals surface area contributed by atoms with Gasteiger partial charge >= 0.3 is 0 Å². The number of nitrogens with two attached hydrogens (primary N) is 1. The summed E-state index contributed by atoms with van der Waals surface area (Å²) >= 11 is 0. The molecule has 1 aliphatic heterocycles. The van der Waals surface area contributed by atoms with Crippen molar-refractivity contribution in [3.05, 3.63) is 11.9 Å². The first-order valence-electron chi connectivity index (χ1n) is 5.63. The summed E-state index contributed by atoms with van der Waals surface area (Å²) in [4.78, 5) is 0. The van der Waals surface area contributed by atoms with Crippen molar-refractivity contribution in [1.82, 2.24) is 20.4 Å². The molecule has 3 unspecified atom stereocenters. The van der Waals surface area contributed by atoms with Gasteiger partial charge in [-0.3, -0.25) is 16.0 Å². The van der Waals surface area contributed by atoms with Gasteiger partial charge in [-0.1, -0.05) is 5.21 Å². The average Bonchev–Trinajstić information content (AvgIpc) is 2.84. The van der Waals surface area contributed by atoms with Gasteiger partial charge < -0.3 is 4.74 Å². The van der Waals surface area contributed by atoms with Gasteiger partial charge in [0.15, 0.2) is 0 Å². The normalized spacial score (nSPS) is 27.2. The van der Waals surface area contributed by atoms with Crippen LogP contribution < -0.4 is 11.3 Å². The van der Waals surface area contributed by atoms with Crippen molar-refractivity contribution < 1.29 is 4.74 Å².